The maximum atomic E-state index is 12.5. The van der Waals surface area contributed by atoms with Crippen LogP contribution < -0.4 is 4.74 Å². The summed E-state index contributed by atoms with van der Waals surface area (Å²) in [6.45, 7) is 2.02. The van der Waals surface area contributed by atoms with Crippen LogP contribution in [0.1, 0.15) is 10.4 Å². The van der Waals surface area contributed by atoms with Gasteiger partial charge in [0.1, 0.15) is 12.4 Å². The van der Waals surface area contributed by atoms with Gasteiger partial charge in [0.05, 0.1) is 18.6 Å². The first-order valence-corrected chi connectivity index (χ1v) is 7.60. The summed E-state index contributed by atoms with van der Waals surface area (Å²) in [7, 11) is 1.54. The van der Waals surface area contributed by atoms with Crippen LogP contribution in [0.3, 0.4) is 0 Å². The van der Waals surface area contributed by atoms with Gasteiger partial charge in [-0.3, -0.25) is 4.79 Å². The summed E-state index contributed by atoms with van der Waals surface area (Å²) in [4.78, 5) is 27.5. The monoisotopic (exact) mass is 326 g/mol. The number of carbonyl (C=O) groups is 2. The van der Waals surface area contributed by atoms with Gasteiger partial charge < -0.3 is 19.3 Å². The van der Waals surface area contributed by atoms with Gasteiger partial charge in [-0.2, -0.15) is 0 Å². The van der Waals surface area contributed by atoms with Crippen molar-refractivity contribution in [1.29, 1.82) is 0 Å². The van der Waals surface area contributed by atoms with Crippen LogP contribution in [0.2, 0.25) is 0 Å². The molecule has 1 aliphatic heterocycles. The molecule has 0 bridgehead atoms. The molecule has 7 heteroatoms. The van der Waals surface area contributed by atoms with E-state index < -0.39 is 0 Å². The maximum Gasteiger partial charge on any atom is 0.409 e. The molecular formula is C15H19ClN2O4. The molecule has 6 nitrogen and oxygen atoms in total. The molecule has 0 saturated carbocycles. The van der Waals surface area contributed by atoms with E-state index in [0.717, 1.165) is 0 Å². The normalized spacial score (nSPS) is 14.6. The van der Waals surface area contributed by atoms with Crippen molar-refractivity contribution in [2.45, 2.75) is 0 Å². The summed E-state index contributed by atoms with van der Waals surface area (Å²) in [5.74, 6) is 0.737. The third kappa shape index (κ3) is 3.82. The highest BCUT2D eigenvalue weighted by molar-refractivity contribution is 6.18. The molecule has 1 saturated heterocycles. The number of piperazine rings is 1. The Kier molecular flexibility index (Phi) is 5.89. The van der Waals surface area contributed by atoms with Crippen molar-refractivity contribution in [3.05, 3.63) is 29.8 Å². The molecule has 1 aliphatic rings. The van der Waals surface area contributed by atoms with Gasteiger partial charge in [0.2, 0.25) is 0 Å². The van der Waals surface area contributed by atoms with Crippen LogP contribution in [0.4, 0.5) is 4.79 Å². The molecule has 0 radical (unpaired) electrons. The molecule has 120 valence electrons. The lowest BCUT2D eigenvalue weighted by Crippen LogP contribution is -2.50. The van der Waals surface area contributed by atoms with Crippen molar-refractivity contribution in [2.24, 2.45) is 0 Å². The van der Waals surface area contributed by atoms with E-state index in [0.29, 0.717) is 37.5 Å². The van der Waals surface area contributed by atoms with Crippen LogP contribution in [0.25, 0.3) is 0 Å². The smallest absolute Gasteiger partial charge is 0.409 e. The van der Waals surface area contributed by atoms with Crippen molar-refractivity contribution >= 4 is 23.6 Å². The van der Waals surface area contributed by atoms with E-state index >= 15 is 0 Å². The molecule has 0 unspecified atom stereocenters. The van der Waals surface area contributed by atoms with E-state index in [1.807, 2.05) is 6.07 Å². The molecule has 0 N–H and O–H groups in total. The fraction of sp³-hybridized carbons (Fsp3) is 0.467. The SMILES string of the molecule is COc1ccccc1C(=O)N1CCN(C(=O)OCCCl)CC1. The lowest BCUT2D eigenvalue weighted by molar-refractivity contribution is 0.0569. The van der Waals surface area contributed by atoms with Gasteiger partial charge >= 0.3 is 6.09 Å². The number of alkyl halides is 1. The van der Waals surface area contributed by atoms with Crippen LogP contribution in [-0.4, -0.2) is 67.6 Å². The number of halogens is 1. The molecule has 1 heterocycles. The Labute approximate surface area is 134 Å². The van der Waals surface area contributed by atoms with Gasteiger partial charge in [0.15, 0.2) is 0 Å². The first-order chi connectivity index (χ1) is 10.7. The zero-order valence-electron chi connectivity index (χ0n) is 12.5. The van der Waals surface area contributed by atoms with Gasteiger partial charge in [-0.15, -0.1) is 11.6 Å². The number of hydrogen-bond acceptors (Lipinski definition) is 4. The van der Waals surface area contributed by atoms with Crippen molar-refractivity contribution in [2.75, 3.05) is 45.8 Å². The number of hydrogen-bond donors (Lipinski definition) is 0. The zero-order valence-corrected chi connectivity index (χ0v) is 13.2. The molecule has 1 aromatic rings. The Morgan fingerprint density at radius 2 is 1.77 bits per heavy atom. The first-order valence-electron chi connectivity index (χ1n) is 7.07. The lowest BCUT2D eigenvalue weighted by atomic mass is 10.1. The molecule has 2 amide bonds. The number of rotatable bonds is 4. The van der Waals surface area contributed by atoms with Crippen LogP contribution >= 0.6 is 11.6 Å². The molecule has 0 aliphatic carbocycles. The zero-order chi connectivity index (χ0) is 15.9. The number of benzene rings is 1. The summed E-state index contributed by atoms with van der Waals surface area (Å²) in [6.07, 6.45) is -0.384. The minimum absolute atomic E-state index is 0.0915. The Bertz CT molecular complexity index is 530. The Balaban J connectivity index is 1.94. The second kappa shape index (κ2) is 7.89. The van der Waals surface area contributed by atoms with Crippen LogP contribution in [0.5, 0.6) is 5.75 Å². The molecule has 1 aromatic carbocycles. The second-order valence-corrected chi connectivity index (χ2v) is 5.16. The number of methoxy groups -OCH3 is 1. The lowest BCUT2D eigenvalue weighted by Gasteiger charge is -2.34. The summed E-state index contributed by atoms with van der Waals surface area (Å²) < 4.78 is 10.2. The Morgan fingerprint density at radius 3 is 2.41 bits per heavy atom. The van der Waals surface area contributed by atoms with E-state index in [1.54, 1.807) is 28.0 Å². The number of ether oxygens (including phenoxy) is 2. The summed E-state index contributed by atoms with van der Waals surface area (Å²) >= 11 is 5.49. The molecule has 1 fully saturated rings. The third-order valence-electron chi connectivity index (χ3n) is 3.47. The number of carbonyl (C=O) groups excluding carboxylic acids is 2. The fourth-order valence-corrected chi connectivity index (χ4v) is 2.38. The van der Waals surface area contributed by atoms with Crippen molar-refractivity contribution < 1.29 is 19.1 Å². The van der Waals surface area contributed by atoms with Gasteiger partial charge in [-0.1, -0.05) is 12.1 Å². The minimum Gasteiger partial charge on any atom is -0.496 e. The summed E-state index contributed by atoms with van der Waals surface area (Å²) in [6, 6.07) is 7.12. The topological polar surface area (TPSA) is 59.1 Å². The Morgan fingerprint density at radius 1 is 1.14 bits per heavy atom. The highest BCUT2D eigenvalue weighted by atomic mass is 35.5. The highest BCUT2D eigenvalue weighted by Crippen LogP contribution is 2.20. The van der Waals surface area contributed by atoms with Gasteiger partial charge in [0.25, 0.3) is 5.91 Å². The van der Waals surface area contributed by atoms with Crippen molar-refractivity contribution in [3.63, 3.8) is 0 Å². The quantitative estimate of drug-likeness (QED) is 0.792. The number of para-hydroxylation sites is 1. The van der Waals surface area contributed by atoms with Gasteiger partial charge in [0, 0.05) is 26.2 Å². The van der Waals surface area contributed by atoms with Crippen molar-refractivity contribution in [1.82, 2.24) is 9.80 Å². The molecule has 22 heavy (non-hydrogen) atoms. The largest absolute Gasteiger partial charge is 0.496 e. The van der Waals surface area contributed by atoms with Crippen molar-refractivity contribution in [3.8, 4) is 5.75 Å². The molecule has 0 spiro atoms. The highest BCUT2D eigenvalue weighted by Gasteiger charge is 2.26. The number of nitrogens with zero attached hydrogens (tertiary/aromatic N) is 2. The van der Waals surface area contributed by atoms with E-state index in [9.17, 15) is 9.59 Å². The average molecular weight is 327 g/mol. The third-order valence-corrected chi connectivity index (χ3v) is 3.62. The van der Waals surface area contributed by atoms with E-state index in [1.165, 1.54) is 7.11 Å². The fourth-order valence-electron chi connectivity index (χ4n) is 2.30. The predicted octanol–water partition coefficient (Wildman–Crippen LogP) is 1.83. The predicted molar refractivity (Wildman–Crippen MR) is 82.5 cm³/mol. The molecule has 0 atom stereocenters. The standard InChI is InChI=1S/C15H19ClN2O4/c1-21-13-5-3-2-4-12(13)14(19)17-7-9-18(10-8-17)15(20)22-11-6-16/h2-5H,6-11H2,1H3. The summed E-state index contributed by atoms with van der Waals surface area (Å²) in [5, 5.41) is 0. The van der Waals surface area contributed by atoms with E-state index in [-0.39, 0.29) is 24.5 Å². The second-order valence-electron chi connectivity index (χ2n) is 4.78. The van der Waals surface area contributed by atoms with E-state index in [2.05, 4.69) is 0 Å². The minimum atomic E-state index is -0.384. The van der Waals surface area contributed by atoms with Gasteiger partial charge in [-0.05, 0) is 12.1 Å². The Hall–Kier alpha value is -1.95. The van der Waals surface area contributed by atoms with Crippen LogP contribution in [-0.2, 0) is 4.74 Å². The average Bonchev–Trinajstić information content (AvgIpc) is 2.59. The summed E-state index contributed by atoms with van der Waals surface area (Å²) in [5.41, 5.74) is 0.531. The molecule has 2 rings (SSSR count). The number of amides is 2. The first kappa shape index (κ1) is 16.4. The van der Waals surface area contributed by atoms with Gasteiger partial charge in [-0.25, -0.2) is 4.79 Å². The molecular weight excluding hydrogens is 308 g/mol. The molecule has 0 aromatic heterocycles. The van der Waals surface area contributed by atoms with Crippen LogP contribution in [0.15, 0.2) is 24.3 Å². The van der Waals surface area contributed by atoms with Crippen LogP contribution in [0, 0.1) is 0 Å². The maximum absolute atomic E-state index is 12.5. The van der Waals surface area contributed by atoms with E-state index in [4.69, 9.17) is 21.1 Å².